The molecule has 0 atom stereocenters. The number of benzene rings is 1. The molecule has 4 heterocycles. The highest BCUT2D eigenvalue weighted by atomic mass is 16.5. The molecule has 3 aliphatic rings. The van der Waals surface area contributed by atoms with Crippen molar-refractivity contribution in [3.8, 4) is 5.75 Å². The van der Waals surface area contributed by atoms with Crippen LogP contribution in [0.3, 0.4) is 0 Å². The largest absolute Gasteiger partial charge is 0.496 e. The number of ether oxygens (including phenoxy) is 1. The molecule has 0 spiro atoms. The summed E-state index contributed by atoms with van der Waals surface area (Å²) < 4.78 is 11.0. The van der Waals surface area contributed by atoms with Gasteiger partial charge in [-0.05, 0) is 38.1 Å². The zero-order valence-electron chi connectivity index (χ0n) is 13.5. The maximum absolute atomic E-state index is 12.9. The lowest BCUT2D eigenvalue weighted by atomic mass is 10.0. The predicted octanol–water partition coefficient (Wildman–Crippen LogP) is 2.08. The zero-order chi connectivity index (χ0) is 15.8. The first-order chi connectivity index (χ1) is 11.3. The monoisotopic (exact) mass is 314 g/mol. The van der Waals surface area contributed by atoms with Crippen molar-refractivity contribution < 1.29 is 9.15 Å². The van der Waals surface area contributed by atoms with Gasteiger partial charge in [0, 0.05) is 31.2 Å². The maximum Gasteiger partial charge on any atom is 0.200 e. The Hall–Kier alpha value is -1.85. The van der Waals surface area contributed by atoms with E-state index in [1.54, 1.807) is 13.4 Å². The summed E-state index contributed by atoms with van der Waals surface area (Å²) in [6.45, 7) is 5.14. The van der Waals surface area contributed by atoms with Gasteiger partial charge >= 0.3 is 0 Å². The summed E-state index contributed by atoms with van der Waals surface area (Å²) in [6.07, 6.45) is 4.02. The van der Waals surface area contributed by atoms with Gasteiger partial charge in [0.15, 0.2) is 0 Å². The van der Waals surface area contributed by atoms with Crippen molar-refractivity contribution in [3.63, 3.8) is 0 Å². The summed E-state index contributed by atoms with van der Waals surface area (Å²) >= 11 is 0. The minimum atomic E-state index is 0.0304. The summed E-state index contributed by atoms with van der Waals surface area (Å²) in [5.74, 6) is 0.584. The minimum Gasteiger partial charge on any atom is -0.496 e. The van der Waals surface area contributed by atoms with Crippen LogP contribution in [-0.2, 0) is 6.54 Å². The van der Waals surface area contributed by atoms with Crippen molar-refractivity contribution in [2.45, 2.75) is 25.4 Å². The van der Waals surface area contributed by atoms with Gasteiger partial charge in [0.05, 0.1) is 13.4 Å². The number of methoxy groups -OCH3 is 1. The highest BCUT2D eigenvalue weighted by Gasteiger charge is 2.29. The van der Waals surface area contributed by atoms with Crippen LogP contribution in [0.2, 0.25) is 0 Å². The molecule has 0 radical (unpaired) electrons. The van der Waals surface area contributed by atoms with E-state index in [2.05, 4.69) is 9.80 Å². The summed E-state index contributed by atoms with van der Waals surface area (Å²) in [5, 5.41) is 0.551. The molecule has 122 valence electrons. The summed E-state index contributed by atoms with van der Waals surface area (Å²) in [4.78, 5) is 17.9. The van der Waals surface area contributed by atoms with Gasteiger partial charge in [-0.25, -0.2) is 0 Å². The van der Waals surface area contributed by atoms with Crippen LogP contribution in [-0.4, -0.2) is 49.1 Å². The van der Waals surface area contributed by atoms with Gasteiger partial charge < -0.3 is 14.1 Å². The molecule has 3 saturated heterocycles. The average molecular weight is 314 g/mol. The van der Waals surface area contributed by atoms with E-state index < -0.39 is 0 Å². The van der Waals surface area contributed by atoms with E-state index in [0.717, 1.165) is 18.7 Å². The number of fused-ring (bicyclic) bond motifs is 5. The minimum absolute atomic E-state index is 0.0304. The Morgan fingerprint density at radius 1 is 1.22 bits per heavy atom. The topological polar surface area (TPSA) is 45.9 Å². The summed E-state index contributed by atoms with van der Waals surface area (Å²) in [7, 11) is 1.59. The molecule has 5 rings (SSSR count). The van der Waals surface area contributed by atoms with Crippen molar-refractivity contribution in [3.05, 3.63) is 40.2 Å². The van der Waals surface area contributed by atoms with Crippen molar-refractivity contribution >= 4 is 11.0 Å². The molecule has 5 heteroatoms. The SMILES string of the molecule is COc1cccc2occ(CN3CCN4CCC3CC4)c(=O)c12. The molecule has 0 N–H and O–H groups in total. The van der Waals surface area contributed by atoms with E-state index in [1.165, 1.54) is 25.9 Å². The normalized spacial score (nSPS) is 24.7. The second kappa shape index (κ2) is 5.98. The molecule has 23 heavy (non-hydrogen) atoms. The van der Waals surface area contributed by atoms with Crippen molar-refractivity contribution in [2.24, 2.45) is 0 Å². The molecule has 2 aromatic rings. The maximum atomic E-state index is 12.9. The Kier molecular flexibility index (Phi) is 3.83. The molecule has 1 aromatic carbocycles. The van der Waals surface area contributed by atoms with Gasteiger partial charge in [0.25, 0.3) is 0 Å². The fraction of sp³-hybridized carbons (Fsp3) is 0.500. The van der Waals surface area contributed by atoms with Gasteiger partial charge in [-0.1, -0.05) is 6.07 Å². The van der Waals surface area contributed by atoms with Crippen LogP contribution < -0.4 is 10.2 Å². The number of nitrogens with zero attached hydrogens (tertiary/aromatic N) is 2. The van der Waals surface area contributed by atoms with E-state index in [9.17, 15) is 4.79 Å². The fourth-order valence-electron chi connectivity index (χ4n) is 3.85. The van der Waals surface area contributed by atoms with Gasteiger partial charge in [0.1, 0.15) is 16.7 Å². The van der Waals surface area contributed by atoms with Crippen LogP contribution in [0.5, 0.6) is 5.75 Å². The van der Waals surface area contributed by atoms with E-state index >= 15 is 0 Å². The third-order valence-electron chi connectivity index (χ3n) is 5.21. The molecule has 0 unspecified atom stereocenters. The molecule has 1 aromatic heterocycles. The molecular weight excluding hydrogens is 292 g/mol. The van der Waals surface area contributed by atoms with Gasteiger partial charge in [0.2, 0.25) is 5.43 Å². The van der Waals surface area contributed by atoms with Gasteiger partial charge in [-0.15, -0.1) is 0 Å². The molecular formula is C18H22N2O3. The van der Waals surface area contributed by atoms with Crippen LogP contribution >= 0.6 is 0 Å². The molecule has 3 aliphatic heterocycles. The Balaban J connectivity index is 1.69. The van der Waals surface area contributed by atoms with Crippen molar-refractivity contribution in [1.29, 1.82) is 0 Å². The third-order valence-corrected chi connectivity index (χ3v) is 5.21. The van der Waals surface area contributed by atoms with E-state index in [4.69, 9.17) is 9.15 Å². The first kappa shape index (κ1) is 14.7. The summed E-state index contributed by atoms with van der Waals surface area (Å²) in [6, 6.07) is 6.04. The molecule has 0 amide bonds. The zero-order valence-corrected chi connectivity index (χ0v) is 13.5. The van der Waals surface area contributed by atoms with Crippen molar-refractivity contribution in [2.75, 3.05) is 33.3 Å². The molecule has 0 saturated carbocycles. The van der Waals surface area contributed by atoms with Crippen LogP contribution in [0.4, 0.5) is 0 Å². The van der Waals surface area contributed by atoms with E-state index in [-0.39, 0.29) is 5.43 Å². The number of rotatable bonds is 3. The number of hydrogen-bond donors (Lipinski definition) is 0. The standard InChI is InChI=1S/C18H22N2O3/c1-22-15-3-2-4-16-17(15)18(21)13(12-23-16)11-20-10-9-19-7-5-14(20)6-8-19/h2-4,12,14H,5-11H2,1H3. The second-order valence-electron chi connectivity index (χ2n) is 6.47. The van der Waals surface area contributed by atoms with Crippen LogP contribution in [0.15, 0.2) is 33.7 Å². The Morgan fingerprint density at radius 2 is 2.04 bits per heavy atom. The first-order valence-electron chi connectivity index (χ1n) is 8.30. The highest BCUT2D eigenvalue weighted by Crippen LogP contribution is 2.25. The lowest BCUT2D eigenvalue weighted by molar-refractivity contribution is 0.175. The van der Waals surface area contributed by atoms with Crippen LogP contribution in [0.25, 0.3) is 11.0 Å². The predicted molar refractivity (Wildman–Crippen MR) is 88.9 cm³/mol. The van der Waals surface area contributed by atoms with Crippen molar-refractivity contribution in [1.82, 2.24) is 9.80 Å². The Bertz CT molecular complexity index is 762. The second-order valence-corrected chi connectivity index (χ2v) is 6.47. The average Bonchev–Trinajstić information content (AvgIpc) is 2.90. The third kappa shape index (κ3) is 2.64. The Morgan fingerprint density at radius 3 is 2.83 bits per heavy atom. The van der Waals surface area contributed by atoms with E-state index in [0.29, 0.717) is 29.3 Å². The smallest absolute Gasteiger partial charge is 0.200 e. The Labute approximate surface area is 135 Å². The lowest BCUT2D eigenvalue weighted by Crippen LogP contribution is -2.38. The van der Waals surface area contributed by atoms with Gasteiger partial charge in [-0.2, -0.15) is 0 Å². The number of hydrogen-bond acceptors (Lipinski definition) is 5. The summed E-state index contributed by atoms with van der Waals surface area (Å²) in [5.41, 5.74) is 1.34. The molecule has 0 aliphatic carbocycles. The lowest BCUT2D eigenvalue weighted by Gasteiger charge is -2.31. The van der Waals surface area contributed by atoms with Gasteiger partial charge in [-0.3, -0.25) is 9.69 Å². The highest BCUT2D eigenvalue weighted by molar-refractivity contribution is 5.83. The quantitative estimate of drug-likeness (QED) is 0.868. The molecule has 5 nitrogen and oxygen atoms in total. The molecule has 2 bridgehead atoms. The van der Waals surface area contributed by atoms with Crippen LogP contribution in [0.1, 0.15) is 18.4 Å². The first-order valence-corrected chi connectivity index (χ1v) is 8.30. The van der Waals surface area contributed by atoms with Crippen LogP contribution in [0, 0.1) is 0 Å². The fourth-order valence-corrected chi connectivity index (χ4v) is 3.85. The van der Waals surface area contributed by atoms with E-state index in [1.807, 2.05) is 18.2 Å². The molecule has 3 fully saturated rings. The number of piperidine rings is 1.